The first-order valence-electron chi connectivity index (χ1n) is 9.96. The number of anilines is 1. The van der Waals surface area contributed by atoms with Gasteiger partial charge in [0.15, 0.2) is 0 Å². The van der Waals surface area contributed by atoms with E-state index in [1.807, 2.05) is 42.8 Å². The van der Waals surface area contributed by atoms with Crippen molar-refractivity contribution < 1.29 is 14.7 Å². The summed E-state index contributed by atoms with van der Waals surface area (Å²) in [5.74, 6) is -1.14. The molecule has 1 aromatic heterocycles. The van der Waals surface area contributed by atoms with E-state index in [9.17, 15) is 14.7 Å². The molecule has 31 heavy (non-hydrogen) atoms. The number of aliphatic carboxylic acids is 1. The smallest absolute Gasteiger partial charge is 0.307 e. The maximum atomic E-state index is 12.4. The number of carboxylic acids is 1. The summed E-state index contributed by atoms with van der Waals surface area (Å²) in [5.41, 5.74) is 4.63. The fourth-order valence-corrected chi connectivity index (χ4v) is 3.76. The largest absolute Gasteiger partial charge is 0.481 e. The highest BCUT2D eigenvalue weighted by Crippen LogP contribution is 2.23. The Labute approximate surface area is 190 Å². The molecule has 0 saturated heterocycles. The summed E-state index contributed by atoms with van der Waals surface area (Å²) in [6.45, 7) is 4.50. The van der Waals surface area contributed by atoms with Gasteiger partial charge in [-0.3, -0.25) is 14.3 Å². The number of nitrogens with one attached hydrogen (secondary N) is 1. The van der Waals surface area contributed by atoms with Gasteiger partial charge < -0.3 is 10.4 Å². The number of halogens is 2. The van der Waals surface area contributed by atoms with E-state index in [1.54, 1.807) is 12.1 Å². The lowest BCUT2D eigenvalue weighted by molar-refractivity contribution is -0.136. The second kappa shape index (κ2) is 9.98. The third-order valence-electron chi connectivity index (χ3n) is 4.97. The Kier molecular flexibility index (Phi) is 7.36. The van der Waals surface area contributed by atoms with Crippen LogP contribution in [0.4, 0.5) is 5.69 Å². The van der Waals surface area contributed by atoms with E-state index in [4.69, 9.17) is 23.2 Å². The van der Waals surface area contributed by atoms with Crippen molar-refractivity contribution in [3.63, 3.8) is 0 Å². The van der Waals surface area contributed by atoms with Gasteiger partial charge in [-0.15, -0.1) is 0 Å². The molecule has 0 radical (unpaired) electrons. The molecule has 1 amide bonds. The van der Waals surface area contributed by atoms with Gasteiger partial charge >= 0.3 is 5.97 Å². The number of nitrogens with zero attached hydrogens (tertiary/aromatic N) is 2. The summed E-state index contributed by atoms with van der Waals surface area (Å²) in [7, 11) is 0. The van der Waals surface area contributed by atoms with Crippen molar-refractivity contribution in [2.75, 3.05) is 5.32 Å². The summed E-state index contributed by atoms with van der Waals surface area (Å²) in [5, 5.41) is 17.4. The Bertz CT molecular complexity index is 1110. The third-order valence-corrected chi connectivity index (χ3v) is 5.71. The molecule has 0 saturated carbocycles. The lowest BCUT2D eigenvalue weighted by Crippen LogP contribution is -2.12. The molecule has 3 aromatic rings. The van der Waals surface area contributed by atoms with Crippen LogP contribution >= 0.6 is 23.2 Å². The molecule has 8 heteroatoms. The number of amides is 1. The van der Waals surface area contributed by atoms with E-state index in [0.717, 1.165) is 22.5 Å². The molecule has 0 unspecified atom stereocenters. The van der Waals surface area contributed by atoms with Crippen molar-refractivity contribution in [3.05, 3.63) is 80.6 Å². The van der Waals surface area contributed by atoms with Crippen LogP contribution in [0.1, 0.15) is 46.7 Å². The van der Waals surface area contributed by atoms with Crippen LogP contribution in [0, 0.1) is 0 Å². The predicted octanol–water partition coefficient (Wildman–Crippen LogP) is 5.24. The number of carbonyl (C=O) groups is 2. The van der Waals surface area contributed by atoms with Crippen molar-refractivity contribution in [2.45, 2.75) is 39.7 Å². The Morgan fingerprint density at radius 2 is 1.74 bits per heavy atom. The van der Waals surface area contributed by atoms with Crippen LogP contribution in [-0.4, -0.2) is 26.8 Å². The zero-order valence-electron chi connectivity index (χ0n) is 17.3. The van der Waals surface area contributed by atoms with Crippen molar-refractivity contribution >= 4 is 40.8 Å². The summed E-state index contributed by atoms with van der Waals surface area (Å²) in [6, 6.07) is 12.2. The van der Waals surface area contributed by atoms with E-state index >= 15 is 0 Å². The fourth-order valence-electron chi connectivity index (χ4n) is 3.46. The molecule has 0 bridgehead atoms. The monoisotopic (exact) mass is 459 g/mol. The number of benzene rings is 2. The fraction of sp³-hybridized carbons (Fsp3) is 0.261. The van der Waals surface area contributed by atoms with Gasteiger partial charge in [0.25, 0.3) is 5.91 Å². The van der Waals surface area contributed by atoms with Crippen LogP contribution in [0.15, 0.2) is 42.5 Å². The molecule has 6 nitrogen and oxygen atoms in total. The van der Waals surface area contributed by atoms with Crippen LogP contribution in [0.3, 0.4) is 0 Å². The quantitative estimate of drug-likeness (QED) is 0.482. The van der Waals surface area contributed by atoms with Gasteiger partial charge in [-0.2, -0.15) is 5.10 Å². The van der Waals surface area contributed by atoms with Crippen LogP contribution in [0.2, 0.25) is 10.0 Å². The second-order valence-corrected chi connectivity index (χ2v) is 7.90. The zero-order valence-corrected chi connectivity index (χ0v) is 18.8. The number of carboxylic acid groups (broad SMARTS) is 1. The molecule has 0 aliphatic carbocycles. The second-order valence-electron chi connectivity index (χ2n) is 7.09. The first-order chi connectivity index (χ1) is 14.8. The van der Waals surface area contributed by atoms with Gasteiger partial charge in [0, 0.05) is 22.5 Å². The Morgan fingerprint density at radius 1 is 1.03 bits per heavy atom. The normalized spacial score (nSPS) is 10.8. The van der Waals surface area contributed by atoms with E-state index in [2.05, 4.69) is 10.4 Å². The molecule has 0 atom stereocenters. The van der Waals surface area contributed by atoms with Crippen LogP contribution in [0.25, 0.3) is 0 Å². The van der Waals surface area contributed by atoms with Gasteiger partial charge in [-0.1, -0.05) is 49.2 Å². The average Bonchev–Trinajstić information content (AvgIpc) is 3.06. The Balaban J connectivity index is 1.75. The molecule has 0 aliphatic heterocycles. The predicted molar refractivity (Wildman–Crippen MR) is 122 cm³/mol. The first-order valence-corrected chi connectivity index (χ1v) is 10.7. The van der Waals surface area contributed by atoms with Crippen LogP contribution in [-0.2, 0) is 30.6 Å². The minimum atomic E-state index is -0.856. The number of rotatable bonds is 8. The number of hydrogen-bond acceptors (Lipinski definition) is 3. The topological polar surface area (TPSA) is 84.2 Å². The summed E-state index contributed by atoms with van der Waals surface area (Å²) >= 11 is 11.9. The number of aryl methyl sites for hydroxylation is 1. The van der Waals surface area contributed by atoms with Gasteiger partial charge in [-0.05, 0) is 48.7 Å². The highest BCUT2D eigenvalue weighted by Gasteiger charge is 2.18. The van der Waals surface area contributed by atoms with Gasteiger partial charge in [0.1, 0.15) is 0 Å². The zero-order chi connectivity index (χ0) is 22.5. The van der Waals surface area contributed by atoms with Crippen LogP contribution in [0.5, 0.6) is 0 Å². The summed E-state index contributed by atoms with van der Waals surface area (Å²) in [4.78, 5) is 23.7. The molecule has 1 heterocycles. The van der Waals surface area contributed by atoms with E-state index in [-0.39, 0.29) is 12.3 Å². The molecular weight excluding hydrogens is 437 g/mol. The minimum Gasteiger partial charge on any atom is -0.481 e. The molecule has 2 aromatic carbocycles. The lowest BCUT2D eigenvalue weighted by Gasteiger charge is -2.10. The Morgan fingerprint density at radius 3 is 2.32 bits per heavy atom. The third kappa shape index (κ3) is 5.46. The standard InChI is InChI=1S/C23H23Cl2N3O3/c1-3-20-17(12-22(29)30)21(4-2)28(27-20)13-14-5-8-16(9-6-14)26-23(31)15-7-10-18(24)19(25)11-15/h5-11H,3-4,12-13H2,1-2H3,(H,26,31)(H,29,30). The van der Waals surface area contributed by atoms with Crippen molar-refractivity contribution in [2.24, 2.45) is 0 Å². The van der Waals surface area contributed by atoms with Gasteiger partial charge in [-0.25, -0.2) is 0 Å². The summed E-state index contributed by atoms with van der Waals surface area (Å²) in [6.07, 6.45) is 1.36. The SMILES string of the molecule is CCc1nn(Cc2ccc(NC(=O)c3ccc(Cl)c(Cl)c3)cc2)c(CC)c1CC(=O)O. The molecule has 0 spiro atoms. The maximum Gasteiger partial charge on any atom is 0.307 e. The lowest BCUT2D eigenvalue weighted by atomic mass is 10.1. The van der Waals surface area contributed by atoms with Gasteiger partial charge in [0.05, 0.1) is 28.7 Å². The first kappa shape index (κ1) is 22.8. The molecule has 0 fully saturated rings. The molecule has 2 N–H and O–H groups in total. The van der Waals surface area contributed by atoms with Crippen molar-refractivity contribution in [3.8, 4) is 0 Å². The molecule has 3 rings (SSSR count). The highest BCUT2D eigenvalue weighted by atomic mass is 35.5. The van der Waals surface area contributed by atoms with E-state index in [1.165, 1.54) is 6.07 Å². The van der Waals surface area contributed by atoms with Crippen LogP contribution < -0.4 is 5.32 Å². The van der Waals surface area contributed by atoms with E-state index < -0.39 is 5.97 Å². The van der Waals surface area contributed by atoms with Crippen molar-refractivity contribution in [1.82, 2.24) is 9.78 Å². The van der Waals surface area contributed by atoms with Gasteiger partial charge in [0.2, 0.25) is 0 Å². The minimum absolute atomic E-state index is 0.0218. The number of aromatic nitrogens is 2. The maximum absolute atomic E-state index is 12.4. The average molecular weight is 460 g/mol. The molecule has 162 valence electrons. The number of carbonyl (C=O) groups excluding carboxylic acids is 1. The Hall–Kier alpha value is -2.83. The summed E-state index contributed by atoms with van der Waals surface area (Å²) < 4.78 is 1.88. The molecular formula is C23H23Cl2N3O3. The van der Waals surface area contributed by atoms with E-state index in [0.29, 0.717) is 40.7 Å². The molecule has 0 aliphatic rings. The van der Waals surface area contributed by atoms with Crippen molar-refractivity contribution in [1.29, 1.82) is 0 Å². The highest BCUT2D eigenvalue weighted by molar-refractivity contribution is 6.42. The number of hydrogen-bond donors (Lipinski definition) is 2.